The van der Waals surface area contributed by atoms with Crippen LogP contribution in [0.4, 0.5) is 11.9 Å². The fourth-order valence-corrected chi connectivity index (χ4v) is 2.04. The van der Waals surface area contributed by atoms with E-state index < -0.39 is 5.97 Å². The molecule has 134 valence electrons. The molecule has 0 radical (unpaired) electrons. The Morgan fingerprint density at radius 2 is 1.92 bits per heavy atom. The zero-order chi connectivity index (χ0) is 18.4. The summed E-state index contributed by atoms with van der Waals surface area (Å²) in [6.07, 6.45) is 0.0499. The first-order valence-corrected chi connectivity index (χ1v) is 7.47. The van der Waals surface area contributed by atoms with Gasteiger partial charge in [0, 0.05) is 25.7 Å². The van der Waals surface area contributed by atoms with E-state index in [0.29, 0.717) is 23.0 Å². The van der Waals surface area contributed by atoms with Crippen molar-refractivity contribution < 1.29 is 19.0 Å². The number of methoxy groups -OCH3 is 2. The standard InChI is InChI=1S/C16H21N5O4/c1-21(2)16-19-13(18-15(17)20-16)9-25-14(22)7-10-5-6-11(23-3)8-12(10)24-4/h5-6,8H,7,9H2,1-4H3,(H2,17,18,19,20). The molecule has 0 saturated heterocycles. The average Bonchev–Trinajstić information content (AvgIpc) is 2.59. The molecule has 0 unspecified atom stereocenters. The van der Waals surface area contributed by atoms with Gasteiger partial charge in [-0.2, -0.15) is 15.0 Å². The van der Waals surface area contributed by atoms with E-state index in [1.165, 1.54) is 7.11 Å². The van der Waals surface area contributed by atoms with Crippen molar-refractivity contribution in [2.75, 3.05) is 38.9 Å². The van der Waals surface area contributed by atoms with Crippen LogP contribution in [0.1, 0.15) is 11.4 Å². The molecule has 25 heavy (non-hydrogen) atoms. The molecule has 0 saturated carbocycles. The Morgan fingerprint density at radius 1 is 1.16 bits per heavy atom. The van der Waals surface area contributed by atoms with Crippen LogP contribution in [0, 0.1) is 0 Å². The Balaban J connectivity index is 2.02. The summed E-state index contributed by atoms with van der Waals surface area (Å²) >= 11 is 0. The molecular formula is C16H21N5O4. The topological polar surface area (TPSA) is 113 Å². The number of aromatic nitrogens is 3. The van der Waals surface area contributed by atoms with Crippen molar-refractivity contribution in [3.8, 4) is 11.5 Å². The largest absolute Gasteiger partial charge is 0.497 e. The number of carbonyl (C=O) groups excluding carboxylic acids is 1. The maximum absolute atomic E-state index is 12.1. The Morgan fingerprint density at radius 3 is 2.56 bits per heavy atom. The molecule has 0 aliphatic carbocycles. The number of nitrogen functional groups attached to an aromatic ring is 1. The zero-order valence-electron chi connectivity index (χ0n) is 14.6. The third-order valence-corrected chi connectivity index (χ3v) is 3.28. The Kier molecular flexibility index (Phi) is 5.93. The number of rotatable bonds is 7. The van der Waals surface area contributed by atoms with Gasteiger partial charge in [-0.15, -0.1) is 0 Å². The number of nitrogens with two attached hydrogens (primary N) is 1. The van der Waals surface area contributed by atoms with E-state index in [2.05, 4.69) is 15.0 Å². The average molecular weight is 347 g/mol. The molecule has 0 fully saturated rings. The van der Waals surface area contributed by atoms with Crippen LogP contribution < -0.4 is 20.1 Å². The third kappa shape index (κ3) is 4.93. The van der Waals surface area contributed by atoms with Gasteiger partial charge < -0.3 is 24.8 Å². The monoisotopic (exact) mass is 347 g/mol. The van der Waals surface area contributed by atoms with E-state index in [9.17, 15) is 4.79 Å². The van der Waals surface area contributed by atoms with Crippen molar-refractivity contribution in [1.82, 2.24) is 15.0 Å². The highest BCUT2D eigenvalue weighted by atomic mass is 16.5. The van der Waals surface area contributed by atoms with Crippen molar-refractivity contribution in [2.45, 2.75) is 13.0 Å². The Bertz CT molecular complexity index is 751. The fraction of sp³-hybridized carbons (Fsp3) is 0.375. The van der Waals surface area contributed by atoms with Crippen LogP contribution in [0.2, 0.25) is 0 Å². The molecule has 1 heterocycles. The zero-order valence-corrected chi connectivity index (χ0v) is 14.6. The first kappa shape index (κ1) is 18.2. The highest BCUT2D eigenvalue weighted by molar-refractivity contribution is 5.73. The van der Waals surface area contributed by atoms with Gasteiger partial charge in [0.25, 0.3) is 0 Å². The van der Waals surface area contributed by atoms with E-state index in [-0.39, 0.29) is 24.8 Å². The molecule has 1 aromatic carbocycles. The lowest BCUT2D eigenvalue weighted by atomic mass is 10.1. The van der Waals surface area contributed by atoms with Crippen LogP contribution in [-0.2, 0) is 22.6 Å². The lowest BCUT2D eigenvalue weighted by Crippen LogP contribution is -2.17. The Hall–Kier alpha value is -3.10. The summed E-state index contributed by atoms with van der Waals surface area (Å²) < 4.78 is 15.6. The van der Waals surface area contributed by atoms with Crippen molar-refractivity contribution in [3.63, 3.8) is 0 Å². The molecule has 9 nitrogen and oxygen atoms in total. The highest BCUT2D eigenvalue weighted by Gasteiger charge is 2.13. The van der Waals surface area contributed by atoms with E-state index >= 15 is 0 Å². The van der Waals surface area contributed by atoms with Gasteiger partial charge in [-0.3, -0.25) is 4.79 Å². The van der Waals surface area contributed by atoms with Crippen molar-refractivity contribution in [3.05, 3.63) is 29.6 Å². The lowest BCUT2D eigenvalue weighted by Gasteiger charge is -2.12. The van der Waals surface area contributed by atoms with E-state index in [4.69, 9.17) is 19.9 Å². The maximum Gasteiger partial charge on any atom is 0.310 e. The van der Waals surface area contributed by atoms with Gasteiger partial charge >= 0.3 is 5.97 Å². The molecular weight excluding hydrogens is 326 g/mol. The van der Waals surface area contributed by atoms with Gasteiger partial charge in [0.15, 0.2) is 12.4 Å². The minimum Gasteiger partial charge on any atom is -0.497 e. The van der Waals surface area contributed by atoms with E-state index in [0.717, 1.165) is 0 Å². The van der Waals surface area contributed by atoms with Crippen LogP contribution in [0.3, 0.4) is 0 Å². The molecule has 0 atom stereocenters. The summed E-state index contributed by atoms with van der Waals surface area (Å²) in [5.41, 5.74) is 6.33. The summed E-state index contributed by atoms with van der Waals surface area (Å²) in [6.45, 7) is -0.0924. The number of esters is 1. The summed E-state index contributed by atoms with van der Waals surface area (Å²) in [6, 6.07) is 5.21. The van der Waals surface area contributed by atoms with Crippen LogP contribution in [0.25, 0.3) is 0 Å². The number of hydrogen-bond acceptors (Lipinski definition) is 9. The van der Waals surface area contributed by atoms with Crippen LogP contribution in [-0.4, -0.2) is 49.2 Å². The summed E-state index contributed by atoms with van der Waals surface area (Å²) in [7, 11) is 6.64. The number of carbonyl (C=O) groups is 1. The molecule has 0 bridgehead atoms. The number of nitrogens with zero attached hydrogens (tertiary/aromatic N) is 4. The number of benzene rings is 1. The third-order valence-electron chi connectivity index (χ3n) is 3.28. The van der Waals surface area contributed by atoms with E-state index in [1.54, 1.807) is 44.3 Å². The number of anilines is 2. The normalized spacial score (nSPS) is 10.2. The summed E-state index contributed by atoms with van der Waals surface area (Å²) in [4.78, 5) is 25.9. The van der Waals surface area contributed by atoms with Gasteiger partial charge in [0.2, 0.25) is 11.9 Å². The second-order valence-electron chi connectivity index (χ2n) is 5.32. The number of hydrogen-bond donors (Lipinski definition) is 1. The first-order valence-electron chi connectivity index (χ1n) is 7.47. The van der Waals surface area contributed by atoms with Crippen molar-refractivity contribution in [1.29, 1.82) is 0 Å². The van der Waals surface area contributed by atoms with Gasteiger partial charge in [0.05, 0.1) is 20.6 Å². The molecule has 0 spiro atoms. The van der Waals surface area contributed by atoms with Crippen LogP contribution in [0.5, 0.6) is 11.5 Å². The number of ether oxygens (including phenoxy) is 3. The highest BCUT2D eigenvalue weighted by Crippen LogP contribution is 2.25. The molecule has 1 aromatic heterocycles. The molecule has 9 heteroatoms. The fourth-order valence-electron chi connectivity index (χ4n) is 2.04. The minimum absolute atomic E-state index is 0.0499. The second kappa shape index (κ2) is 8.13. The quantitative estimate of drug-likeness (QED) is 0.727. The summed E-state index contributed by atoms with van der Waals surface area (Å²) in [5, 5.41) is 0. The SMILES string of the molecule is COc1ccc(CC(=O)OCc2nc(N)nc(N(C)C)n2)c(OC)c1. The molecule has 2 rings (SSSR count). The molecule has 2 N–H and O–H groups in total. The van der Waals surface area contributed by atoms with Gasteiger partial charge in [-0.05, 0) is 6.07 Å². The predicted octanol–water partition coefficient (Wildman–Crippen LogP) is 0.823. The maximum atomic E-state index is 12.1. The molecule has 0 amide bonds. The first-order chi connectivity index (χ1) is 11.9. The predicted molar refractivity (Wildman–Crippen MR) is 91.6 cm³/mol. The second-order valence-corrected chi connectivity index (χ2v) is 5.32. The van der Waals surface area contributed by atoms with Crippen LogP contribution >= 0.6 is 0 Å². The van der Waals surface area contributed by atoms with Crippen molar-refractivity contribution >= 4 is 17.9 Å². The van der Waals surface area contributed by atoms with Gasteiger partial charge in [0.1, 0.15) is 11.5 Å². The molecule has 0 aliphatic rings. The lowest BCUT2D eigenvalue weighted by molar-refractivity contribution is -0.144. The summed E-state index contributed by atoms with van der Waals surface area (Å²) in [5.74, 6) is 1.51. The molecule has 2 aromatic rings. The van der Waals surface area contributed by atoms with Gasteiger partial charge in [-0.25, -0.2) is 0 Å². The van der Waals surface area contributed by atoms with E-state index in [1.807, 2.05) is 0 Å². The van der Waals surface area contributed by atoms with Crippen molar-refractivity contribution in [2.24, 2.45) is 0 Å². The minimum atomic E-state index is -0.436. The molecule has 0 aliphatic heterocycles. The smallest absolute Gasteiger partial charge is 0.310 e. The van der Waals surface area contributed by atoms with Gasteiger partial charge in [-0.1, -0.05) is 6.07 Å². The van der Waals surface area contributed by atoms with Crippen LogP contribution in [0.15, 0.2) is 18.2 Å². The Labute approximate surface area is 145 Å².